The van der Waals surface area contributed by atoms with Gasteiger partial charge in [-0.2, -0.15) is 5.10 Å². The molecule has 0 aromatic heterocycles. The van der Waals surface area contributed by atoms with Crippen LogP contribution in [-0.2, 0) is 4.79 Å². The second-order valence-electron chi connectivity index (χ2n) is 7.51. The molecule has 1 unspecified atom stereocenters. The fraction of sp³-hybridized carbons (Fsp3) is 0.550. The Morgan fingerprint density at radius 1 is 1.22 bits per heavy atom. The maximum Gasteiger partial charge on any atom is 0.339 e. The molecule has 3 amide bonds. The van der Waals surface area contributed by atoms with Crippen LogP contribution in [0.4, 0.5) is 10.5 Å². The van der Waals surface area contributed by atoms with Gasteiger partial charge in [-0.3, -0.25) is 4.79 Å². The first-order chi connectivity index (χ1) is 13.0. The van der Waals surface area contributed by atoms with Gasteiger partial charge in [0.25, 0.3) is 0 Å². The Hall–Kier alpha value is -2.41. The highest BCUT2D eigenvalue weighted by Gasteiger charge is 2.29. The second-order valence-corrected chi connectivity index (χ2v) is 7.51. The molecule has 1 aliphatic rings. The van der Waals surface area contributed by atoms with Gasteiger partial charge < -0.3 is 16.4 Å². The number of amides is 3. The Labute approximate surface area is 161 Å². The third-order valence-corrected chi connectivity index (χ3v) is 4.66. The Balaban J connectivity index is 1.88. The number of anilines is 1. The molecule has 148 valence electrons. The van der Waals surface area contributed by atoms with Crippen molar-refractivity contribution in [3.05, 3.63) is 30.3 Å². The number of nitrogens with one attached hydrogen (secondary N) is 3. The molecule has 0 radical (unpaired) electrons. The van der Waals surface area contributed by atoms with Crippen LogP contribution in [0.5, 0.6) is 0 Å². The number of carbonyl (C=O) groups excluding carboxylic acids is 2. The van der Waals surface area contributed by atoms with E-state index in [0.717, 1.165) is 32.1 Å². The summed E-state index contributed by atoms with van der Waals surface area (Å²) >= 11 is 0. The summed E-state index contributed by atoms with van der Waals surface area (Å²) in [4.78, 5) is 24.5. The quantitative estimate of drug-likeness (QED) is 0.436. The summed E-state index contributed by atoms with van der Waals surface area (Å²) < 4.78 is 0. The van der Waals surface area contributed by atoms with Crippen molar-refractivity contribution in [2.75, 3.05) is 5.32 Å². The summed E-state index contributed by atoms with van der Waals surface area (Å²) in [5.74, 6) is 0.212. The fourth-order valence-electron chi connectivity index (χ4n) is 3.31. The van der Waals surface area contributed by atoms with Gasteiger partial charge in [0.15, 0.2) is 0 Å². The van der Waals surface area contributed by atoms with Gasteiger partial charge in [-0.1, -0.05) is 44.9 Å². The molecule has 1 aromatic carbocycles. The largest absolute Gasteiger partial charge is 0.348 e. The third-order valence-electron chi connectivity index (χ3n) is 4.66. The number of rotatable bonds is 7. The van der Waals surface area contributed by atoms with Crippen LogP contribution >= 0.6 is 0 Å². The number of hydrazone groups is 1. The molecule has 1 saturated carbocycles. The normalized spacial score (nSPS) is 21.0. The van der Waals surface area contributed by atoms with Crippen molar-refractivity contribution in [3.63, 3.8) is 0 Å². The molecule has 7 nitrogen and oxygen atoms in total. The van der Waals surface area contributed by atoms with Crippen LogP contribution in [0.3, 0.4) is 0 Å². The molecule has 5 N–H and O–H groups in total. The SMILES string of the molecule is CC(C)CC(C=NNC(=O)Nc1ccccc1)NC(=O)[C@@H]1CCCC[C@@H]1N. The van der Waals surface area contributed by atoms with E-state index in [9.17, 15) is 9.59 Å². The molecule has 0 bridgehead atoms. The molecule has 0 spiro atoms. The Bertz CT molecular complexity index is 633. The van der Waals surface area contributed by atoms with Crippen molar-refractivity contribution in [3.8, 4) is 0 Å². The summed E-state index contributed by atoms with van der Waals surface area (Å²) in [5.41, 5.74) is 9.23. The molecule has 1 fully saturated rings. The van der Waals surface area contributed by atoms with E-state index >= 15 is 0 Å². The monoisotopic (exact) mass is 373 g/mol. The first kappa shape index (κ1) is 20.9. The van der Waals surface area contributed by atoms with Crippen LogP contribution in [0.15, 0.2) is 35.4 Å². The lowest BCUT2D eigenvalue weighted by Crippen LogP contribution is -2.47. The number of carbonyl (C=O) groups is 2. The smallest absolute Gasteiger partial charge is 0.339 e. The van der Waals surface area contributed by atoms with E-state index in [1.54, 1.807) is 18.3 Å². The molecule has 7 heteroatoms. The number of urea groups is 1. The van der Waals surface area contributed by atoms with Gasteiger partial charge >= 0.3 is 6.03 Å². The molecule has 1 aromatic rings. The van der Waals surface area contributed by atoms with E-state index in [0.29, 0.717) is 11.6 Å². The van der Waals surface area contributed by atoms with Crippen LogP contribution in [-0.4, -0.2) is 30.2 Å². The van der Waals surface area contributed by atoms with Gasteiger partial charge in [-0.15, -0.1) is 0 Å². The lowest BCUT2D eigenvalue weighted by Gasteiger charge is -2.29. The minimum absolute atomic E-state index is 0.0203. The van der Waals surface area contributed by atoms with Crippen LogP contribution in [0, 0.1) is 11.8 Å². The van der Waals surface area contributed by atoms with E-state index in [2.05, 4.69) is 35.0 Å². The van der Waals surface area contributed by atoms with E-state index in [1.165, 1.54) is 0 Å². The summed E-state index contributed by atoms with van der Waals surface area (Å²) in [6.07, 6.45) is 6.16. The van der Waals surface area contributed by atoms with Crippen molar-refractivity contribution in [1.82, 2.24) is 10.7 Å². The highest BCUT2D eigenvalue weighted by molar-refractivity contribution is 5.89. The predicted molar refractivity (Wildman–Crippen MR) is 108 cm³/mol. The van der Waals surface area contributed by atoms with Crippen LogP contribution < -0.4 is 21.8 Å². The van der Waals surface area contributed by atoms with Crippen molar-refractivity contribution in [1.29, 1.82) is 0 Å². The third kappa shape index (κ3) is 7.38. The predicted octanol–water partition coefficient (Wildman–Crippen LogP) is 2.84. The molecule has 0 saturated heterocycles. The van der Waals surface area contributed by atoms with Gasteiger partial charge in [0.05, 0.1) is 12.0 Å². The molecule has 1 aliphatic carbocycles. The number of nitrogens with zero attached hydrogens (tertiary/aromatic N) is 1. The fourth-order valence-corrected chi connectivity index (χ4v) is 3.31. The number of para-hydroxylation sites is 1. The lowest BCUT2D eigenvalue weighted by atomic mass is 9.84. The summed E-state index contributed by atoms with van der Waals surface area (Å²) in [6, 6.07) is 8.37. The zero-order valence-corrected chi connectivity index (χ0v) is 16.2. The maximum absolute atomic E-state index is 12.6. The number of nitrogens with two attached hydrogens (primary N) is 1. The Kier molecular flexibility index (Phi) is 8.26. The van der Waals surface area contributed by atoms with Gasteiger partial charge in [0, 0.05) is 17.9 Å². The second kappa shape index (κ2) is 10.7. The molecule has 0 heterocycles. The van der Waals surface area contributed by atoms with Crippen molar-refractivity contribution >= 4 is 23.8 Å². The van der Waals surface area contributed by atoms with E-state index in [4.69, 9.17) is 5.73 Å². The molecular formula is C20H31N5O2. The van der Waals surface area contributed by atoms with Crippen LogP contribution in [0.2, 0.25) is 0 Å². The van der Waals surface area contributed by atoms with Crippen LogP contribution in [0.25, 0.3) is 0 Å². The zero-order valence-electron chi connectivity index (χ0n) is 16.2. The highest BCUT2D eigenvalue weighted by atomic mass is 16.2. The van der Waals surface area contributed by atoms with Crippen molar-refractivity contribution < 1.29 is 9.59 Å². The van der Waals surface area contributed by atoms with E-state index in [1.807, 2.05) is 18.2 Å². The first-order valence-corrected chi connectivity index (χ1v) is 9.67. The van der Waals surface area contributed by atoms with Gasteiger partial charge in [-0.05, 0) is 37.3 Å². The van der Waals surface area contributed by atoms with E-state index < -0.39 is 6.03 Å². The van der Waals surface area contributed by atoms with Crippen LogP contribution in [0.1, 0.15) is 46.0 Å². The topological polar surface area (TPSA) is 109 Å². The lowest BCUT2D eigenvalue weighted by molar-refractivity contribution is -0.126. The summed E-state index contributed by atoms with van der Waals surface area (Å²) in [5, 5.41) is 9.72. The summed E-state index contributed by atoms with van der Waals surface area (Å²) in [6.45, 7) is 4.16. The molecule has 3 atom stereocenters. The first-order valence-electron chi connectivity index (χ1n) is 9.67. The summed E-state index contributed by atoms with van der Waals surface area (Å²) in [7, 11) is 0. The number of benzene rings is 1. The minimum atomic E-state index is -0.429. The average Bonchev–Trinajstić information content (AvgIpc) is 2.62. The van der Waals surface area contributed by atoms with E-state index in [-0.39, 0.29) is 23.9 Å². The average molecular weight is 374 g/mol. The molecule has 27 heavy (non-hydrogen) atoms. The Morgan fingerprint density at radius 3 is 2.59 bits per heavy atom. The van der Waals surface area contributed by atoms with Crippen molar-refractivity contribution in [2.45, 2.75) is 58.0 Å². The number of hydrogen-bond acceptors (Lipinski definition) is 4. The van der Waals surface area contributed by atoms with Gasteiger partial charge in [0.1, 0.15) is 0 Å². The molecular weight excluding hydrogens is 342 g/mol. The standard InChI is InChI=1S/C20H31N5O2/c1-14(2)12-16(23-19(26)17-10-6-7-11-18(17)21)13-22-25-20(27)24-15-8-4-3-5-9-15/h3-5,8-9,13-14,16-18H,6-7,10-12,21H2,1-2H3,(H,23,26)(H2,24,25,27)/t16?,17-,18+/m1/s1. The minimum Gasteiger partial charge on any atom is -0.348 e. The molecule has 0 aliphatic heterocycles. The van der Waals surface area contributed by atoms with Gasteiger partial charge in [0.2, 0.25) is 5.91 Å². The highest BCUT2D eigenvalue weighted by Crippen LogP contribution is 2.23. The number of hydrogen-bond donors (Lipinski definition) is 4. The molecule has 2 rings (SSSR count). The maximum atomic E-state index is 12.6. The Morgan fingerprint density at radius 2 is 1.93 bits per heavy atom. The van der Waals surface area contributed by atoms with Gasteiger partial charge in [-0.25, -0.2) is 10.2 Å². The zero-order chi connectivity index (χ0) is 19.6. The van der Waals surface area contributed by atoms with Crippen molar-refractivity contribution in [2.24, 2.45) is 22.7 Å².